The molecule has 7 nitrogen and oxygen atoms in total. The molecule has 7 heteroatoms. The standard InChI is InChI=1S/C13H22N6O/c1-5-8-9(20)15-6-7-19(8)12-17-10(13(2,3)4)16-11(14)18-12/h8H,5-7H2,1-4H3,(H,15,20)(H2,14,16,17,18)/t8-/m1/s1. The zero-order valence-electron chi connectivity index (χ0n) is 12.5. The molecule has 1 saturated heterocycles. The maximum Gasteiger partial charge on any atom is 0.242 e. The molecule has 1 aliphatic heterocycles. The molecule has 1 aromatic heterocycles. The van der Waals surface area contributed by atoms with Gasteiger partial charge < -0.3 is 16.0 Å². The van der Waals surface area contributed by atoms with E-state index in [1.807, 2.05) is 32.6 Å². The number of carbonyl (C=O) groups excluding carboxylic acids is 1. The third kappa shape index (κ3) is 2.81. The lowest BCUT2D eigenvalue weighted by Gasteiger charge is -2.34. The lowest BCUT2D eigenvalue weighted by atomic mass is 9.96. The maximum absolute atomic E-state index is 11.9. The summed E-state index contributed by atoms with van der Waals surface area (Å²) in [5, 5.41) is 2.86. The first-order valence-electron chi connectivity index (χ1n) is 6.89. The largest absolute Gasteiger partial charge is 0.368 e. The summed E-state index contributed by atoms with van der Waals surface area (Å²) in [5.41, 5.74) is 5.58. The molecular weight excluding hydrogens is 256 g/mol. The highest BCUT2D eigenvalue weighted by Crippen LogP contribution is 2.23. The molecule has 110 valence electrons. The molecule has 0 spiro atoms. The fourth-order valence-electron chi connectivity index (χ4n) is 2.20. The van der Waals surface area contributed by atoms with Gasteiger partial charge in [0, 0.05) is 18.5 Å². The second-order valence-corrected chi connectivity index (χ2v) is 5.98. The van der Waals surface area contributed by atoms with Crippen LogP contribution in [-0.4, -0.2) is 40.0 Å². The van der Waals surface area contributed by atoms with Gasteiger partial charge in [0.05, 0.1) is 0 Å². The zero-order valence-corrected chi connectivity index (χ0v) is 12.5. The number of anilines is 2. The van der Waals surface area contributed by atoms with Crippen molar-refractivity contribution in [2.75, 3.05) is 23.7 Å². The van der Waals surface area contributed by atoms with Gasteiger partial charge in [-0.15, -0.1) is 0 Å². The molecule has 0 aromatic carbocycles. The SMILES string of the molecule is CC[C@@H]1C(=O)NCCN1c1nc(N)nc(C(C)(C)C)n1. The van der Waals surface area contributed by atoms with Crippen LogP contribution in [0, 0.1) is 0 Å². The highest BCUT2D eigenvalue weighted by atomic mass is 16.2. The number of nitrogen functional groups attached to an aromatic ring is 1. The van der Waals surface area contributed by atoms with Crippen LogP contribution in [0.15, 0.2) is 0 Å². The van der Waals surface area contributed by atoms with Crippen molar-refractivity contribution in [2.45, 2.75) is 45.6 Å². The van der Waals surface area contributed by atoms with Crippen molar-refractivity contribution >= 4 is 17.8 Å². The van der Waals surface area contributed by atoms with Crippen LogP contribution in [0.5, 0.6) is 0 Å². The predicted octanol–water partition coefficient (Wildman–Crippen LogP) is 0.466. The maximum atomic E-state index is 11.9. The second kappa shape index (κ2) is 5.22. The fourth-order valence-corrected chi connectivity index (χ4v) is 2.20. The van der Waals surface area contributed by atoms with Gasteiger partial charge in [-0.25, -0.2) is 0 Å². The van der Waals surface area contributed by atoms with E-state index < -0.39 is 0 Å². The number of aromatic nitrogens is 3. The molecule has 20 heavy (non-hydrogen) atoms. The van der Waals surface area contributed by atoms with Gasteiger partial charge in [0.15, 0.2) is 0 Å². The van der Waals surface area contributed by atoms with Crippen molar-refractivity contribution in [2.24, 2.45) is 0 Å². The van der Waals surface area contributed by atoms with Gasteiger partial charge in [-0.2, -0.15) is 15.0 Å². The molecule has 1 atom stereocenters. The minimum Gasteiger partial charge on any atom is -0.368 e. The second-order valence-electron chi connectivity index (χ2n) is 5.98. The molecule has 0 bridgehead atoms. The molecule has 0 aliphatic carbocycles. The van der Waals surface area contributed by atoms with Crippen LogP contribution in [0.4, 0.5) is 11.9 Å². The van der Waals surface area contributed by atoms with Gasteiger partial charge >= 0.3 is 0 Å². The average Bonchev–Trinajstić information content (AvgIpc) is 2.36. The van der Waals surface area contributed by atoms with E-state index in [1.54, 1.807) is 0 Å². The Kier molecular flexibility index (Phi) is 3.78. The summed E-state index contributed by atoms with van der Waals surface area (Å²) in [6, 6.07) is -0.252. The molecule has 2 heterocycles. The van der Waals surface area contributed by atoms with E-state index in [2.05, 4.69) is 20.3 Å². The number of hydrogen-bond acceptors (Lipinski definition) is 6. The Hall–Kier alpha value is -1.92. The molecule has 1 aromatic rings. The summed E-state index contributed by atoms with van der Waals surface area (Å²) in [5.74, 6) is 1.33. The molecule has 3 N–H and O–H groups in total. The number of rotatable bonds is 2. The number of hydrogen-bond donors (Lipinski definition) is 2. The molecule has 1 aliphatic rings. The van der Waals surface area contributed by atoms with Crippen LogP contribution in [0.25, 0.3) is 0 Å². The van der Waals surface area contributed by atoms with Gasteiger partial charge in [0.2, 0.25) is 17.8 Å². The van der Waals surface area contributed by atoms with E-state index in [9.17, 15) is 4.79 Å². The number of nitrogens with zero attached hydrogens (tertiary/aromatic N) is 4. The third-order valence-corrected chi connectivity index (χ3v) is 3.29. The Morgan fingerprint density at radius 2 is 2.05 bits per heavy atom. The molecule has 1 amide bonds. The van der Waals surface area contributed by atoms with Gasteiger partial charge in [-0.05, 0) is 6.42 Å². The minimum absolute atomic E-state index is 0.00930. The Morgan fingerprint density at radius 3 is 2.65 bits per heavy atom. The highest BCUT2D eigenvalue weighted by molar-refractivity contribution is 5.85. The van der Waals surface area contributed by atoms with E-state index in [4.69, 9.17) is 5.73 Å². The Labute approximate surface area is 119 Å². The summed E-state index contributed by atoms with van der Waals surface area (Å²) in [4.78, 5) is 26.7. The van der Waals surface area contributed by atoms with Crippen LogP contribution < -0.4 is 16.0 Å². The number of amides is 1. The summed E-state index contributed by atoms with van der Waals surface area (Å²) in [6.45, 7) is 9.30. The lowest BCUT2D eigenvalue weighted by Crippen LogP contribution is -2.55. The van der Waals surface area contributed by atoms with Crippen LogP contribution in [0.3, 0.4) is 0 Å². The monoisotopic (exact) mass is 278 g/mol. The lowest BCUT2D eigenvalue weighted by molar-refractivity contribution is -0.123. The topological polar surface area (TPSA) is 97.0 Å². The third-order valence-electron chi connectivity index (χ3n) is 3.29. The van der Waals surface area contributed by atoms with Crippen molar-refractivity contribution < 1.29 is 4.79 Å². The van der Waals surface area contributed by atoms with Crippen molar-refractivity contribution in [3.05, 3.63) is 5.82 Å². The summed E-state index contributed by atoms with van der Waals surface area (Å²) in [6.07, 6.45) is 0.697. The smallest absolute Gasteiger partial charge is 0.242 e. The highest BCUT2D eigenvalue weighted by Gasteiger charge is 2.31. The Morgan fingerprint density at radius 1 is 1.35 bits per heavy atom. The van der Waals surface area contributed by atoms with Crippen LogP contribution >= 0.6 is 0 Å². The predicted molar refractivity (Wildman–Crippen MR) is 77.4 cm³/mol. The van der Waals surface area contributed by atoms with E-state index in [1.165, 1.54) is 0 Å². The molecule has 0 saturated carbocycles. The van der Waals surface area contributed by atoms with Gasteiger partial charge in [-0.3, -0.25) is 4.79 Å². The first kappa shape index (κ1) is 14.5. The van der Waals surface area contributed by atoms with Crippen molar-refractivity contribution in [3.63, 3.8) is 0 Å². The first-order valence-corrected chi connectivity index (χ1v) is 6.89. The Balaban J connectivity index is 2.41. The quantitative estimate of drug-likeness (QED) is 0.816. The van der Waals surface area contributed by atoms with E-state index in [0.29, 0.717) is 31.3 Å². The number of piperazine rings is 1. The summed E-state index contributed by atoms with van der Waals surface area (Å²) in [7, 11) is 0. The molecular formula is C13H22N6O. The molecule has 1 fully saturated rings. The molecule has 0 radical (unpaired) electrons. The minimum atomic E-state index is -0.252. The number of carbonyl (C=O) groups is 1. The van der Waals surface area contributed by atoms with Crippen molar-refractivity contribution in [1.29, 1.82) is 0 Å². The van der Waals surface area contributed by atoms with E-state index in [-0.39, 0.29) is 23.3 Å². The summed E-state index contributed by atoms with van der Waals surface area (Å²) < 4.78 is 0. The average molecular weight is 278 g/mol. The number of nitrogens with two attached hydrogens (primary N) is 1. The van der Waals surface area contributed by atoms with Crippen LogP contribution in [0.2, 0.25) is 0 Å². The van der Waals surface area contributed by atoms with Crippen molar-refractivity contribution in [1.82, 2.24) is 20.3 Å². The first-order chi connectivity index (χ1) is 9.32. The van der Waals surface area contributed by atoms with Gasteiger partial charge in [0.25, 0.3) is 0 Å². The Bertz CT molecular complexity index is 510. The van der Waals surface area contributed by atoms with Crippen molar-refractivity contribution in [3.8, 4) is 0 Å². The van der Waals surface area contributed by atoms with Gasteiger partial charge in [0.1, 0.15) is 11.9 Å². The zero-order chi connectivity index (χ0) is 14.9. The van der Waals surface area contributed by atoms with Crippen LogP contribution in [0.1, 0.15) is 39.9 Å². The van der Waals surface area contributed by atoms with E-state index in [0.717, 1.165) is 0 Å². The van der Waals surface area contributed by atoms with Crippen LogP contribution in [-0.2, 0) is 10.2 Å². The fraction of sp³-hybridized carbons (Fsp3) is 0.692. The number of nitrogens with one attached hydrogen (secondary N) is 1. The molecule has 0 unspecified atom stereocenters. The summed E-state index contributed by atoms with van der Waals surface area (Å²) >= 11 is 0. The van der Waals surface area contributed by atoms with E-state index >= 15 is 0 Å². The normalized spacial score (nSPS) is 19.9. The molecule has 2 rings (SSSR count). The van der Waals surface area contributed by atoms with Gasteiger partial charge in [-0.1, -0.05) is 27.7 Å².